The first kappa shape index (κ1) is 24.2. The van der Waals surface area contributed by atoms with Crippen LogP contribution in [0, 0.1) is 20.8 Å². The Hall–Kier alpha value is -3.91. The fourth-order valence-electron chi connectivity index (χ4n) is 3.81. The van der Waals surface area contributed by atoms with Gasteiger partial charge in [-0.1, -0.05) is 54.1 Å². The van der Waals surface area contributed by atoms with E-state index in [2.05, 4.69) is 15.1 Å². The molecule has 1 heterocycles. The average Bonchev–Trinajstić information content (AvgIpc) is 3.11. The van der Waals surface area contributed by atoms with Crippen molar-refractivity contribution in [1.82, 2.24) is 15.1 Å². The van der Waals surface area contributed by atoms with Crippen molar-refractivity contribution in [3.05, 3.63) is 113 Å². The summed E-state index contributed by atoms with van der Waals surface area (Å²) in [6, 6.07) is 23.1. The number of amides is 1. The molecule has 8 heteroatoms. The van der Waals surface area contributed by atoms with E-state index < -0.39 is 10.0 Å². The minimum atomic E-state index is -3.83. The maximum Gasteiger partial charge on any atom is 0.261 e. The number of anilines is 1. The smallest absolute Gasteiger partial charge is 0.261 e. The molecular formula is C27H28N4O3S. The summed E-state index contributed by atoms with van der Waals surface area (Å²) in [5, 5.41) is 7.53. The second-order valence-electron chi connectivity index (χ2n) is 8.47. The van der Waals surface area contributed by atoms with Crippen molar-refractivity contribution in [2.45, 2.75) is 38.8 Å². The Labute approximate surface area is 205 Å². The maximum absolute atomic E-state index is 12.9. The molecular weight excluding hydrogens is 460 g/mol. The fraction of sp³-hybridized carbons (Fsp3) is 0.185. The highest BCUT2D eigenvalue weighted by Gasteiger charge is 2.18. The summed E-state index contributed by atoms with van der Waals surface area (Å²) >= 11 is 0. The quantitative estimate of drug-likeness (QED) is 0.379. The fourth-order valence-corrected chi connectivity index (χ4v) is 4.92. The molecule has 0 aliphatic rings. The van der Waals surface area contributed by atoms with Crippen LogP contribution in [-0.4, -0.2) is 24.1 Å². The number of nitrogens with one attached hydrogen (secondary N) is 2. The van der Waals surface area contributed by atoms with E-state index in [0.717, 1.165) is 28.1 Å². The number of benzene rings is 3. The van der Waals surface area contributed by atoms with Crippen LogP contribution in [-0.2, 0) is 23.1 Å². The number of hydrogen-bond donors (Lipinski definition) is 2. The van der Waals surface area contributed by atoms with Crippen molar-refractivity contribution < 1.29 is 13.2 Å². The van der Waals surface area contributed by atoms with Crippen molar-refractivity contribution >= 4 is 21.6 Å². The molecule has 1 aromatic heterocycles. The SMILES string of the molecule is Cc1ccc(NS(=O)(=O)c2cccc(C(=O)NCc3c(C)nn(Cc4ccccc4)c3C)c2)cc1. The molecule has 0 radical (unpaired) electrons. The van der Waals surface area contributed by atoms with Gasteiger partial charge in [0.15, 0.2) is 0 Å². The molecule has 2 N–H and O–H groups in total. The number of nitrogens with zero attached hydrogens (tertiary/aromatic N) is 2. The highest BCUT2D eigenvalue weighted by atomic mass is 32.2. The number of rotatable bonds is 8. The molecule has 0 atom stereocenters. The second-order valence-corrected chi connectivity index (χ2v) is 10.2. The minimum Gasteiger partial charge on any atom is -0.348 e. The lowest BCUT2D eigenvalue weighted by atomic mass is 10.1. The van der Waals surface area contributed by atoms with Crippen molar-refractivity contribution in [1.29, 1.82) is 0 Å². The van der Waals surface area contributed by atoms with Crippen molar-refractivity contribution in [3.8, 4) is 0 Å². The van der Waals surface area contributed by atoms with Gasteiger partial charge in [-0.05, 0) is 56.7 Å². The van der Waals surface area contributed by atoms with E-state index in [1.807, 2.05) is 67.9 Å². The predicted molar refractivity (Wildman–Crippen MR) is 137 cm³/mol. The van der Waals surface area contributed by atoms with Crippen LogP contribution in [0.25, 0.3) is 0 Å². The first-order chi connectivity index (χ1) is 16.7. The molecule has 35 heavy (non-hydrogen) atoms. The van der Waals surface area contributed by atoms with Crippen LogP contribution in [0.2, 0.25) is 0 Å². The summed E-state index contributed by atoms with van der Waals surface area (Å²) < 4.78 is 30.1. The standard InChI is InChI=1S/C27H28N4O3S/c1-19-12-14-24(15-13-19)30-35(33,34)25-11-7-10-23(16-25)27(32)28-17-26-20(2)29-31(21(26)3)18-22-8-5-4-6-9-22/h4-16,30H,17-18H2,1-3H3,(H,28,32). The molecule has 3 aromatic carbocycles. The number of carbonyl (C=O) groups excluding carboxylic acids is 1. The van der Waals surface area contributed by atoms with E-state index in [9.17, 15) is 13.2 Å². The number of aryl methyl sites for hydroxylation is 2. The molecule has 7 nitrogen and oxygen atoms in total. The third-order valence-corrected chi connectivity index (χ3v) is 7.22. The lowest BCUT2D eigenvalue weighted by Gasteiger charge is -2.10. The van der Waals surface area contributed by atoms with Gasteiger partial charge in [0.05, 0.1) is 17.1 Å². The van der Waals surface area contributed by atoms with Crippen LogP contribution in [0.1, 0.15) is 38.4 Å². The second kappa shape index (κ2) is 10.1. The van der Waals surface area contributed by atoms with Gasteiger partial charge in [0, 0.05) is 29.1 Å². The van der Waals surface area contributed by atoms with Gasteiger partial charge in [-0.25, -0.2) is 8.42 Å². The van der Waals surface area contributed by atoms with Crippen LogP contribution in [0.4, 0.5) is 5.69 Å². The molecule has 4 aromatic rings. The molecule has 0 saturated carbocycles. The molecule has 1 amide bonds. The third kappa shape index (κ3) is 5.78. The Balaban J connectivity index is 1.45. The van der Waals surface area contributed by atoms with Crippen molar-refractivity contribution in [3.63, 3.8) is 0 Å². The Morgan fingerprint density at radius 2 is 1.63 bits per heavy atom. The van der Waals surface area contributed by atoms with E-state index >= 15 is 0 Å². The number of sulfonamides is 1. The van der Waals surface area contributed by atoms with Gasteiger partial charge in [-0.3, -0.25) is 14.2 Å². The van der Waals surface area contributed by atoms with E-state index in [1.165, 1.54) is 12.1 Å². The van der Waals surface area contributed by atoms with Crippen LogP contribution < -0.4 is 10.0 Å². The van der Waals surface area contributed by atoms with Crippen LogP contribution in [0.5, 0.6) is 0 Å². The largest absolute Gasteiger partial charge is 0.348 e. The minimum absolute atomic E-state index is 0.0220. The zero-order chi connectivity index (χ0) is 25.0. The van der Waals surface area contributed by atoms with E-state index in [-0.39, 0.29) is 16.4 Å². The predicted octanol–water partition coefficient (Wildman–Crippen LogP) is 4.59. The van der Waals surface area contributed by atoms with Crippen LogP contribution >= 0.6 is 0 Å². The summed E-state index contributed by atoms with van der Waals surface area (Å²) in [5.74, 6) is -0.355. The molecule has 0 saturated heterocycles. The lowest BCUT2D eigenvalue weighted by Crippen LogP contribution is -2.24. The summed E-state index contributed by atoms with van der Waals surface area (Å²) in [5.41, 5.74) is 5.67. The van der Waals surface area contributed by atoms with Crippen LogP contribution in [0.15, 0.2) is 83.8 Å². The summed E-state index contributed by atoms with van der Waals surface area (Å²) in [6.07, 6.45) is 0. The molecule has 0 aliphatic heterocycles. The summed E-state index contributed by atoms with van der Waals surface area (Å²) in [4.78, 5) is 12.9. The molecule has 0 spiro atoms. The van der Waals surface area contributed by atoms with Gasteiger partial charge in [0.1, 0.15) is 0 Å². The van der Waals surface area contributed by atoms with Gasteiger partial charge < -0.3 is 5.32 Å². The summed E-state index contributed by atoms with van der Waals surface area (Å²) in [6.45, 7) is 6.77. The zero-order valence-electron chi connectivity index (χ0n) is 19.9. The molecule has 0 unspecified atom stereocenters. The number of carbonyl (C=O) groups is 1. The van der Waals surface area contributed by atoms with Gasteiger partial charge in [-0.2, -0.15) is 5.10 Å². The average molecular weight is 489 g/mol. The molecule has 180 valence electrons. The maximum atomic E-state index is 12.9. The first-order valence-electron chi connectivity index (χ1n) is 11.3. The zero-order valence-corrected chi connectivity index (χ0v) is 20.8. The molecule has 0 bridgehead atoms. The van der Waals surface area contributed by atoms with E-state index in [0.29, 0.717) is 18.8 Å². The molecule has 4 rings (SSSR count). The van der Waals surface area contributed by atoms with Crippen molar-refractivity contribution in [2.24, 2.45) is 0 Å². The van der Waals surface area contributed by atoms with Gasteiger partial charge in [0.2, 0.25) is 0 Å². The normalized spacial score (nSPS) is 11.3. The highest BCUT2D eigenvalue weighted by molar-refractivity contribution is 7.92. The summed E-state index contributed by atoms with van der Waals surface area (Å²) in [7, 11) is -3.83. The molecule has 0 fully saturated rings. The topological polar surface area (TPSA) is 93.1 Å². The van der Waals surface area contributed by atoms with Crippen LogP contribution in [0.3, 0.4) is 0 Å². The van der Waals surface area contributed by atoms with Gasteiger partial charge in [0.25, 0.3) is 15.9 Å². The van der Waals surface area contributed by atoms with Gasteiger partial charge >= 0.3 is 0 Å². The number of hydrogen-bond acceptors (Lipinski definition) is 4. The third-order valence-electron chi connectivity index (χ3n) is 5.84. The Bertz CT molecular complexity index is 1440. The first-order valence-corrected chi connectivity index (χ1v) is 12.8. The Morgan fingerprint density at radius 3 is 2.34 bits per heavy atom. The highest BCUT2D eigenvalue weighted by Crippen LogP contribution is 2.19. The lowest BCUT2D eigenvalue weighted by molar-refractivity contribution is 0.0950. The number of aromatic nitrogens is 2. The Morgan fingerprint density at radius 1 is 0.914 bits per heavy atom. The van der Waals surface area contributed by atoms with E-state index in [1.54, 1.807) is 24.3 Å². The molecule has 0 aliphatic carbocycles. The van der Waals surface area contributed by atoms with E-state index in [4.69, 9.17) is 0 Å². The van der Waals surface area contributed by atoms with Gasteiger partial charge in [-0.15, -0.1) is 0 Å². The van der Waals surface area contributed by atoms with Crippen molar-refractivity contribution in [2.75, 3.05) is 4.72 Å². The Kier molecular flexibility index (Phi) is 7.02. The monoisotopic (exact) mass is 488 g/mol.